The monoisotopic (exact) mass is 535 g/mol. The van der Waals surface area contributed by atoms with Gasteiger partial charge in [-0.3, -0.25) is 4.79 Å². The largest absolute Gasteiger partial charge is 0.471 e. The van der Waals surface area contributed by atoms with Crippen LogP contribution < -0.4 is 14.8 Å². The smallest absolute Gasteiger partial charge is 0.276 e. The zero-order chi connectivity index (χ0) is 22.5. The number of nitrogens with zero attached hydrogens (tertiary/aromatic N) is 4. The van der Waals surface area contributed by atoms with Gasteiger partial charge in [0.2, 0.25) is 0 Å². The number of hydrogen-bond acceptors (Lipinski definition) is 5. The van der Waals surface area contributed by atoms with Gasteiger partial charge >= 0.3 is 0 Å². The molecule has 0 bridgehead atoms. The van der Waals surface area contributed by atoms with Gasteiger partial charge in [-0.2, -0.15) is 10.2 Å². The highest BCUT2D eigenvalue weighted by Gasteiger charge is 2.12. The maximum absolute atomic E-state index is 12.5. The van der Waals surface area contributed by atoms with Crippen molar-refractivity contribution in [2.24, 2.45) is 0 Å². The average Bonchev–Trinajstić information content (AvgIpc) is 3.44. The summed E-state index contributed by atoms with van der Waals surface area (Å²) in [6.45, 7) is 0.272. The summed E-state index contributed by atoms with van der Waals surface area (Å²) in [4.78, 5) is 12.5. The molecular formula is C21H16BrCl2N5O3. The first-order valence-electron chi connectivity index (χ1n) is 9.30. The van der Waals surface area contributed by atoms with Crippen LogP contribution in [0.4, 0.5) is 5.69 Å². The quantitative estimate of drug-likeness (QED) is 0.322. The van der Waals surface area contributed by atoms with Crippen molar-refractivity contribution in [3.63, 3.8) is 0 Å². The van der Waals surface area contributed by atoms with E-state index in [0.29, 0.717) is 27.2 Å². The number of ether oxygens (including phenoxy) is 2. The van der Waals surface area contributed by atoms with E-state index in [2.05, 4.69) is 31.4 Å². The van der Waals surface area contributed by atoms with Gasteiger partial charge in [0.15, 0.2) is 19.2 Å². The molecular weight excluding hydrogens is 521 g/mol. The van der Waals surface area contributed by atoms with E-state index in [9.17, 15) is 4.79 Å². The Kier molecular flexibility index (Phi) is 6.99. The predicted octanol–water partition coefficient (Wildman–Crippen LogP) is 5.47. The predicted molar refractivity (Wildman–Crippen MR) is 124 cm³/mol. The maximum Gasteiger partial charge on any atom is 0.276 e. The van der Waals surface area contributed by atoms with Gasteiger partial charge in [0, 0.05) is 10.7 Å². The Morgan fingerprint density at radius 2 is 1.81 bits per heavy atom. The first-order chi connectivity index (χ1) is 15.5. The minimum Gasteiger partial charge on any atom is -0.471 e. The highest BCUT2D eigenvalue weighted by atomic mass is 79.9. The molecule has 1 amide bonds. The summed E-state index contributed by atoms with van der Waals surface area (Å²) < 4.78 is 15.3. The average molecular weight is 537 g/mol. The molecule has 0 atom stereocenters. The molecule has 2 aromatic heterocycles. The molecule has 4 rings (SSSR count). The standard InChI is InChI=1S/C21H16BrCl2N5O3/c22-14-4-6-16(7-5-14)31-13-29-11-15(10-25-29)26-21(30)18-8-9-28(27-18)12-32-19-3-1-2-17(23)20(19)24/h1-11H,12-13H2,(H,26,30). The maximum atomic E-state index is 12.5. The Morgan fingerprint density at radius 1 is 1.03 bits per heavy atom. The molecule has 4 aromatic rings. The van der Waals surface area contributed by atoms with Crippen molar-refractivity contribution in [2.75, 3.05) is 5.32 Å². The fraction of sp³-hybridized carbons (Fsp3) is 0.0952. The van der Waals surface area contributed by atoms with Crippen LogP contribution in [0.1, 0.15) is 10.5 Å². The van der Waals surface area contributed by atoms with Crippen LogP contribution >= 0.6 is 39.1 Å². The Hall–Kier alpha value is -3.01. The van der Waals surface area contributed by atoms with Crippen LogP contribution in [0.15, 0.2) is 71.6 Å². The number of hydrogen-bond donors (Lipinski definition) is 1. The summed E-state index contributed by atoms with van der Waals surface area (Å²) >= 11 is 15.5. The van der Waals surface area contributed by atoms with Crippen molar-refractivity contribution < 1.29 is 14.3 Å². The summed E-state index contributed by atoms with van der Waals surface area (Å²) in [6, 6.07) is 14.1. The molecule has 0 saturated heterocycles. The fourth-order valence-electron chi connectivity index (χ4n) is 2.65. The molecule has 0 spiro atoms. The van der Waals surface area contributed by atoms with Gasteiger partial charge in [-0.15, -0.1) is 0 Å². The summed E-state index contributed by atoms with van der Waals surface area (Å²) in [7, 11) is 0. The molecule has 164 valence electrons. The van der Waals surface area contributed by atoms with Crippen molar-refractivity contribution in [2.45, 2.75) is 13.5 Å². The molecule has 1 N–H and O–H groups in total. The van der Waals surface area contributed by atoms with E-state index in [1.807, 2.05) is 24.3 Å². The molecule has 2 heterocycles. The topological polar surface area (TPSA) is 83.2 Å². The van der Waals surface area contributed by atoms with E-state index in [1.165, 1.54) is 10.9 Å². The Morgan fingerprint density at radius 3 is 2.62 bits per heavy atom. The number of halogens is 3. The normalized spacial score (nSPS) is 10.7. The van der Waals surface area contributed by atoms with Gasteiger partial charge in [-0.05, 0) is 42.5 Å². The van der Waals surface area contributed by atoms with Gasteiger partial charge in [0.05, 0.1) is 23.1 Å². The van der Waals surface area contributed by atoms with E-state index in [4.69, 9.17) is 32.7 Å². The van der Waals surface area contributed by atoms with Crippen molar-refractivity contribution in [3.8, 4) is 11.5 Å². The van der Waals surface area contributed by atoms with Crippen molar-refractivity contribution in [1.29, 1.82) is 0 Å². The third-order valence-electron chi connectivity index (χ3n) is 4.21. The first kappa shape index (κ1) is 22.2. The minimum atomic E-state index is -0.377. The number of anilines is 1. The number of benzene rings is 2. The summed E-state index contributed by atoms with van der Waals surface area (Å²) in [5, 5.41) is 11.9. The Labute approximate surface area is 201 Å². The summed E-state index contributed by atoms with van der Waals surface area (Å²) in [6.07, 6.45) is 4.82. The third-order valence-corrected chi connectivity index (χ3v) is 5.54. The lowest BCUT2D eigenvalue weighted by atomic mass is 10.3. The van der Waals surface area contributed by atoms with E-state index in [1.54, 1.807) is 41.3 Å². The highest BCUT2D eigenvalue weighted by molar-refractivity contribution is 9.10. The first-order valence-corrected chi connectivity index (χ1v) is 10.9. The fourth-order valence-corrected chi connectivity index (χ4v) is 3.26. The van der Waals surface area contributed by atoms with Gasteiger partial charge in [-0.25, -0.2) is 9.36 Å². The molecule has 0 aliphatic carbocycles. The zero-order valence-electron chi connectivity index (χ0n) is 16.4. The summed E-state index contributed by atoms with van der Waals surface area (Å²) in [5.74, 6) is 0.762. The number of amides is 1. The molecule has 32 heavy (non-hydrogen) atoms. The van der Waals surface area contributed by atoms with Gasteiger partial charge in [0.1, 0.15) is 16.5 Å². The van der Waals surface area contributed by atoms with E-state index >= 15 is 0 Å². The van der Waals surface area contributed by atoms with Crippen molar-refractivity contribution in [1.82, 2.24) is 19.6 Å². The van der Waals surface area contributed by atoms with Crippen LogP contribution in [0.2, 0.25) is 10.0 Å². The lowest BCUT2D eigenvalue weighted by molar-refractivity contribution is 0.102. The highest BCUT2D eigenvalue weighted by Crippen LogP contribution is 2.31. The Bertz CT molecular complexity index is 1230. The van der Waals surface area contributed by atoms with E-state index in [0.717, 1.165) is 4.47 Å². The molecule has 0 radical (unpaired) electrons. The van der Waals surface area contributed by atoms with Crippen molar-refractivity contribution in [3.05, 3.63) is 87.3 Å². The zero-order valence-corrected chi connectivity index (χ0v) is 19.5. The van der Waals surface area contributed by atoms with E-state index < -0.39 is 0 Å². The number of aromatic nitrogens is 4. The molecule has 8 nitrogen and oxygen atoms in total. The number of nitrogens with one attached hydrogen (secondary N) is 1. The lowest BCUT2D eigenvalue weighted by Crippen LogP contribution is -2.14. The van der Waals surface area contributed by atoms with Crippen LogP contribution in [-0.2, 0) is 13.5 Å². The SMILES string of the molecule is O=C(Nc1cnn(COc2ccc(Br)cc2)c1)c1ccn(COc2cccc(Cl)c2Cl)n1. The molecule has 0 saturated carbocycles. The second-order valence-electron chi connectivity index (χ2n) is 6.52. The molecule has 0 aliphatic heterocycles. The van der Waals surface area contributed by atoms with Crippen LogP contribution in [0.25, 0.3) is 0 Å². The van der Waals surface area contributed by atoms with Crippen LogP contribution in [0.3, 0.4) is 0 Å². The van der Waals surface area contributed by atoms with Crippen LogP contribution in [-0.4, -0.2) is 25.5 Å². The second kappa shape index (κ2) is 10.1. The lowest BCUT2D eigenvalue weighted by Gasteiger charge is -2.08. The number of carbonyl (C=O) groups excluding carboxylic acids is 1. The third kappa shape index (κ3) is 5.61. The molecule has 0 aliphatic rings. The van der Waals surface area contributed by atoms with Crippen molar-refractivity contribution >= 4 is 50.7 Å². The van der Waals surface area contributed by atoms with Crippen LogP contribution in [0.5, 0.6) is 11.5 Å². The van der Waals surface area contributed by atoms with Gasteiger partial charge in [0.25, 0.3) is 5.91 Å². The number of rotatable bonds is 8. The molecule has 11 heteroatoms. The summed E-state index contributed by atoms with van der Waals surface area (Å²) in [5.41, 5.74) is 0.746. The molecule has 0 unspecified atom stereocenters. The Balaban J connectivity index is 1.30. The van der Waals surface area contributed by atoms with Crippen LogP contribution in [0, 0.1) is 0 Å². The van der Waals surface area contributed by atoms with Gasteiger partial charge in [-0.1, -0.05) is 45.2 Å². The molecule has 2 aromatic carbocycles. The minimum absolute atomic E-state index is 0.0681. The second-order valence-corrected chi connectivity index (χ2v) is 8.22. The van der Waals surface area contributed by atoms with Gasteiger partial charge < -0.3 is 14.8 Å². The molecule has 0 fully saturated rings. The number of carbonyl (C=O) groups is 1. The van der Waals surface area contributed by atoms with E-state index in [-0.39, 0.29) is 25.1 Å².